The molecule has 0 aromatic heterocycles. The molecule has 2 N–H and O–H groups in total. The molecule has 29 heavy (non-hydrogen) atoms. The fourth-order valence-electron chi connectivity index (χ4n) is 3.68. The maximum atomic E-state index is 12.4. The van der Waals surface area contributed by atoms with Gasteiger partial charge in [-0.25, -0.2) is 0 Å². The summed E-state index contributed by atoms with van der Waals surface area (Å²) in [6, 6.07) is 15.8. The van der Waals surface area contributed by atoms with E-state index in [0.29, 0.717) is 25.8 Å². The van der Waals surface area contributed by atoms with Gasteiger partial charge in [0.2, 0.25) is 11.8 Å². The summed E-state index contributed by atoms with van der Waals surface area (Å²) in [5.41, 5.74) is 3.12. The molecule has 154 valence electrons. The second kappa shape index (κ2) is 9.56. The minimum Gasteiger partial charge on any atom is -0.497 e. The first-order chi connectivity index (χ1) is 14.0. The smallest absolute Gasteiger partial charge is 0.227 e. The van der Waals surface area contributed by atoms with Crippen LogP contribution in [0.4, 0.5) is 5.69 Å². The molecule has 6 heteroatoms. The number of methoxy groups -OCH3 is 1. The van der Waals surface area contributed by atoms with Crippen LogP contribution >= 0.6 is 0 Å². The van der Waals surface area contributed by atoms with Crippen molar-refractivity contribution in [2.45, 2.75) is 25.3 Å². The zero-order chi connectivity index (χ0) is 20.8. The maximum Gasteiger partial charge on any atom is 0.227 e. The van der Waals surface area contributed by atoms with Crippen LogP contribution in [0.25, 0.3) is 0 Å². The highest BCUT2D eigenvalue weighted by molar-refractivity contribution is 5.96. The van der Waals surface area contributed by atoms with E-state index < -0.39 is 0 Å². The van der Waals surface area contributed by atoms with E-state index in [1.807, 2.05) is 62.6 Å². The number of hydrogen-bond donors (Lipinski definition) is 2. The number of nitrogens with zero attached hydrogens (tertiary/aromatic N) is 1. The number of likely N-dealkylation sites (N-methyl/N-ethyl adjacent to an activating group) is 1. The van der Waals surface area contributed by atoms with Gasteiger partial charge in [-0.15, -0.1) is 0 Å². The normalized spacial score (nSPS) is 16.7. The number of fused-ring (bicyclic) bond motifs is 1. The molecule has 2 amide bonds. The van der Waals surface area contributed by atoms with E-state index in [4.69, 9.17) is 4.74 Å². The van der Waals surface area contributed by atoms with Gasteiger partial charge in [0.05, 0.1) is 13.2 Å². The van der Waals surface area contributed by atoms with E-state index in [1.54, 1.807) is 7.11 Å². The molecule has 0 bridgehead atoms. The third kappa shape index (κ3) is 5.35. The van der Waals surface area contributed by atoms with E-state index in [2.05, 4.69) is 15.5 Å². The summed E-state index contributed by atoms with van der Waals surface area (Å²) < 4.78 is 5.21. The third-order valence-electron chi connectivity index (χ3n) is 5.45. The van der Waals surface area contributed by atoms with Gasteiger partial charge in [-0.05, 0) is 56.3 Å². The van der Waals surface area contributed by atoms with Crippen molar-refractivity contribution < 1.29 is 14.3 Å². The molecule has 3 rings (SSSR count). The van der Waals surface area contributed by atoms with Gasteiger partial charge >= 0.3 is 0 Å². The van der Waals surface area contributed by atoms with Crippen molar-refractivity contribution in [3.63, 3.8) is 0 Å². The molecule has 0 spiro atoms. The molecule has 0 fully saturated rings. The maximum absolute atomic E-state index is 12.4. The van der Waals surface area contributed by atoms with Crippen molar-refractivity contribution in [3.05, 3.63) is 59.7 Å². The predicted octanol–water partition coefficient (Wildman–Crippen LogP) is 3.01. The van der Waals surface area contributed by atoms with Crippen LogP contribution in [-0.4, -0.2) is 44.5 Å². The number of hydrogen-bond acceptors (Lipinski definition) is 4. The van der Waals surface area contributed by atoms with Crippen molar-refractivity contribution in [1.29, 1.82) is 0 Å². The quantitative estimate of drug-likeness (QED) is 0.721. The largest absolute Gasteiger partial charge is 0.497 e. The molecule has 2 aromatic carbocycles. The van der Waals surface area contributed by atoms with Gasteiger partial charge in [0, 0.05) is 24.6 Å². The van der Waals surface area contributed by atoms with Gasteiger partial charge in [-0.3, -0.25) is 9.59 Å². The molecule has 1 aliphatic heterocycles. The standard InChI is InChI=1S/C23H29N3O3/c1-26(2)21(16-8-11-19(29-3)12-9-16)15-24-22(27)13-10-18-14-17-6-4-5-7-20(17)25-23(18)28/h4-9,11-12,18,21H,10,13-15H2,1-3H3,(H,24,27)(H,25,28). The minimum atomic E-state index is -0.165. The lowest BCUT2D eigenvalue weighted by molar-refractivity contribution is -0.123. The molecular formula is C23H29N3O3. The lowest BCUT2D eigenvalue weighted by Gasteiger charge is -2.26. The Morgan fingerprint density at radius 1 is 1.21 bits per heavy atom. The molecule has 2 unspecified atom stereocenters. The Hall–Kier alpha value is -2.86. The van der Waals surface area contributed by atoms with Crippen molar-refractivity contribution in [2.75, 3.05) is 33.1 Å². The second-order valence-corrected chi connectivity index (χ2v) is 7.64. The second-order valence-electron chi connectivity index (χ2n) is 7.64. The van der Waals surface area contributed by atoms with E-state index in [-0.39, 0.29) is 23.8 Å². The fraction of sp³-hybridized carbons (Fsp3) is 0.391. The van der Waals surface area contributed by atoms with Crippen LogP contribution < -0.4 is 15.4 Å². The molecule has 2 atom stereocenters. The average molecular weight is 396 g/mol. The van der Waals surface area contributed by atoms with Crippen molar-refractivity contribution in [1.82, 2.24) is 10.2 Å². The molecule has 0 radical (unpaired) electrons. The van der Waals surface area contributed by atoms with Gasteiger partial charge in [-0.1, -0.05) is 30.3 Å². The summed E-state index contributed by atoms with van der Waals surface area (Å²) in [6.07, 6.45) is 1.56. The van der Waals surface area contributed by atoms with Crippen LogP contribution in [0.3, 0.4) is 0 Å². The zero-order valence-electron chi connectivity index (χ0n) is 17.3. The summed E-state index contributed by atoms with van der Waals surface area (Å²) in [5.74, 6) is 0.613. The molecule has 0 saturated heterocycles. The highest BCUT2D eigenvalue weighted by atomic mass is 16.5. The number of ether oxygens (including phenoxy) is 1. The Morgan fingerprint density at radius 2 is 1.93 bits per heavy atom. The van der Waals surface area contributed by atoms with E-state index in [1.165, 1.54) is 0 Å². The Labute approximate surface area is 172 Å². The van der Waals surface area contributed by atoms with Gasteiger partial charge < -0.3 is 20.3 Å². The van der Waals surface area contributed by atoms with Gasteiger partial charge in [-0.2, -0.15) is 0 Å². The SMILES string of the molecule is COc1ccc(C(CNC(=O)CCC2Cc3ccccc3NC2=O)N(C)C)cc1. The van der Waals surface area contributed by atoms with E-state index >= 15 is 0 Å². The summed E-state index contributed by atoms with van der Waals surface area (Å²) in [5, 5.41) is 5.96. The first-order valence-electron chi connectivity index (χ1n) is 9.93. The highest BCUT2D eigenvalue weighted by Crippen LogP contribution is 2.27. The van der Waals surface area contributed by atoms with Crippen molar-refractivity contribution in [3.8, 4) is 5.75 Å². The number of nitrogens with one attached hydrogen (secondary N) is 2. The molecule has 1 aliphatic rings. The number of carbonyl (C=O) groups is 2. The van der Waals surface area contributed by atoms with Gasteiger partial charge in [0.15, 0.2) is 0 Å². The van der Waals surface area contributed by atoms with Crippen LogP contribution in [0.15, 0.2) is 48.5 Å². The Morgan fingerprint density at radius 3 is 2.62 bits per heavy atom. The number of anilines is 1. The summed E-state index contributed by atoms with van der Waals surface area (Å²) in [4.78, 5) is 26.8. The van der Waals surface area contributed by atoms with Crippen LogP contribution in [0.5, 0.6) is 5.75 Å². The summed E-state index contributed by atoms with van der Waals surface area (Å²) >= 11 is 0. The number of para-hydroxylation sites is 1. The number of amides is 2. The highest BCUT2D eigenvalue weighted by Gasteiger charge is 2.26. The molecule has 0 aliphatic carbocycles. The Bertz CT molecular complexity index is 849. The summed E-state index contributed by atoms with van der Waals surface area (Å²) in [6.45, 7) is 0.512. The fourth-order valence-corrected chi connectivity index (χ4v) is 3.68. The van der Waals surface area contributed by atoms with Crippen molar-refractivity contribution in [2.24, 2.45) is 5.92 Å². The Kier molecular flexibility index (Phi) is 6.88. The predicted molar refractivity (Wildman–Crippen MR) is 114 cm³/mol. The van der Waals surface area contributed by atoms with Crippen molar-refractivity contribution >= 4 is 17.5 Å². The molecular weight excluding hydrogens is 366 g/mol. The lowest BCUT2D eigenvalue weighted by Crippen LogP contribution is -2.35. The third-order valence-corrected chi connectivity index (χ3v) is 5.45. The molecule has 2 aromatic rings. The average Bonchev–Trinajstić information content (AvgIpc) is 2.72. The Balaban J connectivity index is 1.51. The lowest BCUT2D eigenvalue weighted by atomic mass is 9.89. The first kappa shape index (κ1) is 20.9. The molecule has 6 nitrogen and oxygen atoms in total. The first-order valence-corrected chi connectivity index (χ1v) is 9.93. The number of benzene rings is 2. The van der Waals surface area contributed by atoms with E-state index in [9.17, 15) is 9.59 Å². The van der Waals surface area contributed by atoms with Crippen LogP contribution in [-0.2, 0) is 16.0 Å². The number of carbonyl (C=O) groups excluding carboxylic acids is 2. The van der Waals surface area contributed by atoms with Crippen LogP contribution in [0.1, 0.15) is 30.0 Å². The van der Waals surface area contributed by atoms with E-state index in [0.717, 1.165) is 22.6 Å². The monoisotopic (exact) mass is 395 g/mol. The zero-order valence-corrected chi connectivity index (χ0v) is 17.3. The molecule has 0 saturated carbocycles. The number of rotatable bonds is 8. The van der Waals surface area contributed by atoms with Crippen LogP contribution in [0, 0.1) is 5.92 Å². The molecule has 1 heterocycles. The van der Waals surface area contributed by atoms with Crippen LogP contribution in [0.2, 0.25) is 0 Å². The topological polar surface area (TPSA) is 70.7 Å². The van der Waals surface area contributed by atoms with Gasteiger partial charge in [0.1, 0.15) is 5.75 Å². The summed E-state index contributed by atoms with van der Waals surface area (Å²) in [7, 11) is 5.62. The van der Waals surface area contributed by atoms with Gasteiger partial charge in [0.25, 0.3) is 0 Å². The minimum absolute atomic E-state index is 0.000834.